The fourth-order valence-electron chi connectivity index (χ4n) is 7.25. The van der Waals surface area contributed by atoms with E-state index in [0.717, 1.165) is 17.1 Å². The molecular formula is C46H31N. The number of benzene rings is 9. The van der Waals surface area contributed by atoms with Crippen LogP contribution in [0, 0.1) is 0 Å². The molecule has 47 heavy (non-hydrogen) atoms. The van der Waals surface area contributed by atoms with E-state index in [-0.39, 0.29) is 0 Å². The van der Waals surface area contributed by atoms with Gasteiger partial charge in [-0.15, -0.1) is 0 Å². The molecule has 9 aromatic carbocycles. The summed E-state index contributed by atoms with van der Waals surface area (Å²) in [6.07, 6.45) is 0. The van der Waals surface area contributed by atoms with E-state index in [0.29, 0.717) is 0 Å². The molecule has 0 atom stereocenters. The molecule has 0 bridgehead atoms. The molecule has 0 fully saturated rings. The minimum absolute atomic E-state index is 1.12. The molecule has 0 amide bonds. The Morgan fingerprint density at radius 2 is 0.702 bits per heavy atom. The van der Waals surface area contributed by atoms with Gasteiger partial charge in [0.15, 0.2) is 0 Å². The first-order valence-electron chi connectivity index (χ1n) is 16.2. The van der Waals surface area contributed by atoms with Crippen LogP contribution in [0.2, 0.25) is 0 Å². The zero-order valence-electron chi connectivity index (χ0n) is 25.8. The highest BCUT2D eigenvalue weighted by Gasteiger charge is 2.18. The SMILES string of the molecule is c1ccc(-c2ccccc2N(c2ccccc2)c2ccc(-c3ccc4ccc5c(-c6ccccc6)ccc6ccc3c4c65)cc2)cc1. The van der Waals surface area contributed by atoms with Gasteiger partial charge in [-0.1, -0.05) is 158 Å². The van der Waals surface area contributed by atoms with Gasteiger partial charge in [0.25, 0.3) is 0 Å². The van der Waals surface area contributed by atoms with Crippen molar-refractivity contribution in [3.8, 4) is 33.4 Å². The molecular weight excluding hydrogens is 567 g/mol. The molecule has 9 rings (SSSR count). The summed E-state index contributed by atoms with van der Waals surface area (Å²) in [5.74, 6) is 0. The number of hydrogen-bond donors (Lipinski definition) is 0. The zero-order valence-corrected chi connectivity index (χ0v) is 25.8. The lowest BCUT2D eigenvalue weighted by Gasteiger charge is -2.28. The van der Waals surface area contributed by atoms with Gasteiger partial charge in [-0.25, -0.2) is 0 Å². The number of nitrogens with zero attached hydrogens (tertiary/aromatic N) is 1. The lowest BCUT2D eigenvalue weighted by atomic mass is 9.87. The summed E-state index contributed by atoms with van der Waals surface area (Å²) in [5.41, 5.74) is 10.8. The van der Waals surface area contributed by atoms with Gasteiger partial charge in [0.2, 0.25) is 0 Å². The summed E-state index contributed by atoms with van der Waals surface area (Å²) in [7, 11) is 0. The smallest absolute Gasteiger partial charge is 0.0540 e. The van der Waals surface area contributed by atoms with Crippen molar-refractivity contribution in [1.29, 1.82) is 0 Å². The van der Waals surface area contributed by atoms with E-state index in [1.165, 1.54) is 65.7 Å². The van der Waals surface area contributed by atoms with Crippen LogP contribution in [0.5, 0.6) is 0 Å². The molecule has 0 aromatic heterocycles. The maximum absolute atomic E-state index is 2.36. The summed E-state index contributed by atoms with van der Waals surface area (Å²) < 4.78 is 0. The number of rotatable bonds is 6. The topological polar surface area (TPSA) is 3.24 Å². The molecule has 0 saturated heterocycles. The van der Waals surface area contributed by atoms with Crippen molar-refractivity contribution in [2.24, 2.45) is 0 Å². The largest absolute Gasteiger partial charge is 0.310 e. The fraction of sp³-hybridized carbons (Fsp3) is 0. The number of para-hydroxylation sites is 2. The van der Waals surface area contributed by atoms with Crippen molar-refractivity contribution in [1.82, 2.24) is 0 Å². The quantitative estimate of drug-likeness (QED) is 0.172. The van der Waals surface area contributed by atoms with Gasteiger partial charge < -0.3 is 4.90 Å². The Labute approximate surface area is 275 Å². The van der Waals surface area contributed by atoms with E-state index < -0.39 is 0 Å². The third-order valence-corrected chi connectivity index (χ3v) is 9.43. The molecule has 1 nitrogen and oxygen atoms in total. The molecule has 0 aliphatic carbocycles. The van der Waals surface area contributed by atoms with E-state index in [4.69, 9.17) is 0 Å². The van der Waals surface area contributed by atoms with Gasteiger partial charge in [0, 0.05) is 16.9 Å². The highest BCUT2D eigenvalue weighted by molar-refractivity contribution is 6.27. The third kappa shape index (κ3) is 4.64. The molecule has 0 aliphatic rings. The first-order valence-corrected chi connectivity index (χ1v) is 16.2. The molecule has 0 spiro atoms. The van der Waals surface area contributed by atoms with Crippen LogP contribution in [0.3, 0.4) is 0 Å². The predicted molar refractivity (Wildman–Crippen MR) is 201 cm³/mol. The lowest BCUT2D eigenvalue weighted by Crippen LogP contribution is -2.11. The highest BCUT2D eigenvalue weighted by Crippen LogP contribution is 2.44. The molecule has 0 aliphatic heterocycles. The van der Waals surface area contributed by atoms with Crippen LogP contribution in [0.25, 0.3) is 65.7 Å². The van der Waals surface area contributed by atoms with Crippen molar-refractivity contribution in [2.75, 3.05) is 4.90 Å². The third-order valence-electron chi connectivity index (χ3n) is 9.43. The molecule has 1 heteroatoms. The second-order valence-electron chi connectivity index (χ2n) is 12.1. The molecule has 0 heterocycles. The normalized spacial score (nSPS) is 11.4. The summed E-state index contributed by atoms with van der Waals surface area (Å²) in [4.78, 5) is 2.36. The van der Waals surface area contributed by atoms with Crippen LogP contribution < -0.4 is 4.90 Å². The predicted octanol–water partition coefficient (Wildman–Crippen LogP) is 13.1. The van der Waals surface area contributed by atoms with Crippen molar-refractivity contribution in [2.45, 2.75) is 0 Å². The Morgan fingerprint density at radius 1 is 0.277 bits per heavy atom. The summed E-state index contributed by atoms with van der Waals surface area (Å²) in [6, 6.07) is 68.1. The molecule has 0 unspecified atom stereocenters. The van der Waals surface area contributed by atoms with E-state index in [1.54, 1.807) is 0 Å². The Morgan fingerprint density at radius 3 is 1.28 bits per heavy atom. The fourth-order valence-corrected chi connectivity index (χ4v) is 7.25. The second-order valence-corrected chi connectivity index (χ2v) is 12.1. The van der Waals surface area contributed by atoms with Crippen molar-refractivity contribution in [3.63, 3.8) is 0 Å². The molecule has 0 N–H and O–H groups in total. The van der Waals surface area contributed by atoms with Crippen molar-refractivity contribution < 1.29 is 0 Å². The van der Waals surface area contributed by atoms with E-state index >= 15 is 0 Å². The summed E-state index contributed by atoms with van der Waals surface area (Å²) in [6.45, 7) is 0. The van der Waals surface area contributed by atoms with Gasteiger partial charge in [0.05, 0.1) is 5.69 Å². The number of hydrogen-bond acceptors (Lipinski definition) is 1. The Hall–Kier alpha value is -6.18. The highest BCUT2D eigenvalue weighted by atomic mass is 15.1. The average molecular weight is 598 g/mol. The average Bonchev–Trinajstić information content (AvgIpc) is 3.15. The van der Waals surface area contributed by atoms with Gasteiger partial charge in [-0.05, 0) is 90.5 Å². The Balaban J connectivity index is 1.19. The van der Waals surface area contributed by atoms with Gasteiger partial charge in [-0.2, -0.15) is 0 Å². The summed E-state index contributed by atoms with van der Waals surface area (Å²) >= 11 is 0. The lowest BCUT2D eigenvalue weighted by molar-refractivity contribution is 1.28. The molecule has 0 saturated carbocycles. The van der Waals surface area contributed by atoms with E-state index in [2.05, 4.69) is 193 Å². The summed E-state index contributed by atoms with van der Waals surface area (Å²) in [5, 5.41) is 7.81. The molecule has 0 radical (unpaired) electrons. The molecule has 220 valence electrons. The van der Waals surface area contributed by atoms with Gasteiger partial charge >= 0.3 is 0 Å². The van der Waals surface area contributed by atoms with Crippen molar-refractivity contribution >= 4 is 49.4 Å². The van der Waals surface area contributed by atoms with Gasteiger partial charge in [-0.3, -0.25) is 0 Å². The Bertz CT molecular complexity index is 2480. The standard InChI is InChI=1S/C46H31N/c1-4-12-32(13-5-1)39-28-22-35-25-31-43-40(29-23-36-24-30-42(39)45(35)46(36)43)34-20-26-38(27-21-34)47(37-16-8-3-9-17-37)44-19-11-10-18-41(44)33-14-6-2-7-15-33/h1-31H. The minimum atomic E-state index is 1.12. The Kier molecular flexibility index (Phi) is 6.54. The van der Waals surface area contributed by atoms with Crippen LogP contribution in [0.1, 0.15) is 0 Å². The van der Waals surface area contributed by atoms with Crippen molar-refractivity contribution in [3.05, 3.63) is 188 Å². The van der Waals surface area contributed by atoms with E-state index in [9.17, 15) is 0 Å². The van der Waals surface area contributed by atoms with Crippen LogP contribution >= 0.6 is 0 Å². The number of anilines is 3. The van der Waals surface area contributed by atoms with E-state index in [1.807, 2.05) is 0 Å². The van der Waals surface area contributed by atoms with Crippen LogP contribution in [0.15, 0.2) is 188 Å². The zero-order chi connectivity index (χ0) is 31.2. The van der Waals surface area contributed by atoms with Gasteiger partial charge in [0.1, 0.15) is 0 Å². The van der Waals surface area contributed by atoms with Crippen LogP contribution in [0.4, 0.5) is 17.1 Å². The second kappa shape index (κ2) is 11.3. The monoisotopic (exact) mass is 597 g/mol. The molecule has 9 aromatic rings. The maximum atomic E-state index is 2.36. The minimum Gasteiger partial charge on any atom is -0.310 e. The first kappa shape index (κ1) is 27.2. The van der Waals surface area contributed by atoms with Crippen LogP contribution in [-0.4, -0.2) is 0 Å². The van der Waals surface area contributed by atoms with Crippen LogP contribution in [-0.2, 0) is 0 Å². The first-order chi connectivity index (χ1) is 23.3. The maximum Gasteiger partial charge on any atom is 0.0540 e.